The maximum absolute atomic E-state index is 6.28. The lowest BCUT2D eigenvalue weighted by Gasteiger charge is -2.20. The zero-order valence-corrected chi connectivity index (χ0v) is 11.3. The van der Waals surface area contributed by atoms with Crippen LogP contribution in [-0.4, -0.2) is 0 Å². The van der Waals surface area contributed by atoms with Crippen LogP contribution in [0.5, 0.6) is 0 Å². The second kappa shape index (κ2) is 4.54. The minimum absolute atomic E-state index is 0.147. The molecule has 0 aliphatic rings. The van der Waals surface area contributed by atoms with Crippen molar-refractivity contribution in [1.29, 1.82) is 0 Å². The highest BCUT2D eigenvalue weighted by molar-refractivity contribution is 6.33. The Morgan fingerprint density at radius 3 is 2.12 bits per heavy atom. The first-order valence-electron chi connectivity index (χ1n) is 5.84. The van der Waals surface area contributed by atoms with Crippen molar-refractivity contribution < 1.29 is 0 Å². The normalized spacial score (nSPS) is 11.5. The van der Waals surface area contributed by atoms with Crippen LogP contribution >= 0.6 is 11.6 Å². The Hall–Kier alpha value is -1.27. The Morgan fingerprint density at radius 1 is 0.882 bits per heavy atom. The molecule has 0 saturated carbocycles. The molecule has 2 aromatic carbocycles. The molecule has 0 aliphatic carbocycles. The van der Waals surface area contributed by atoms with Gasteiger partial charge in [0.15, 0.2) is 0 Å². The number of halogens is 1. The highest BCUT2D eigenvalue weighted by Crippen LogP contribution is 2.32. The molecule has 0 atom stereocenters. The van der Waals surface area contributed by atoms with E-state index in [1.807, 2.05) is 24.3 Å². The van der Waals surface area contributed by atoms with Crippen LogP contribution in [0, 0.1) is 0 Å². The lowest BCUT2D eigenvalue weighted by atomic mass is 9.85. The molecule has 0 nitrogen and oxygen atoms in total. The van der Waals surface area contributed by atoms with Crippen LogP contribution in [0.3, 0.4) is 0 Å². The fourth-order valence-corrected chi connectivity index (χ4v) is 2.06. The topological polar surface area (TPSA) is 0 Å². The van der Waals surface area contributed by atoms with Crippen LogP contribution in [0.2, 0.25) is 5.02 Å². The van der Waals surface area contributed by atoms with E-state index < -0.39 is 0 Å². The third kappa shape index (κ3) is 2.70. The van der Waals surface area contributed by atoms with E-state index in [1.54, 1.807) is 0 Å². The molecular formula is C16H17Cl. The molecule has 2 rings (SSSR count). The molecule has 0 aliphatic heterocycles. The van der Waals surface area contributed by atoms with Crippen LogP contribution in [0.15, 0.2) is 48.5 Å². The van der Waals surface area contributed by atoms with Gasteiger partial charge < -0.3 is 0 Å². The molecule has 0 aromatic heterocycles. The highest BCUT2D eigenvalue weighted by atomic mass is 35.5. The second-order valence-electron chi connectivity index (χ2n) is 5.31. The summed E-state index contributed by atoms with van der Waals surface area (Å²) in [6.07, 6.45) is 0. The van der Waals surface area contributed by atoms with Crippen LogP contribution in [-0.2, 0) is 5.41 Å². The Balaban J connectivity index is 2.55. The summed E-state index contributed by atoms with van der Waals surface area (Å²) in [6, 6.07) is 16.6. The largest absolute Gasteiger partial charge is 0.0837 e. The van der Waals surface area contributed by atoms with E-state index in [2.05, 4.69) is 45.0 Å². The first kappa shape index (κ1) is 12.2. The van der Waals surface area contributed by atoms with E-state index in [0.29, 0.717) is 0 Å². The van der Waals surface area contributed by atoms with Gasteiger partial charge in [-0.2, -0.15) is 0 Å². The summed E-state index contributed by atoms with van der Waals surface area (Å²) in [7, 11) is 0. The average molecular weight is 245 g/mol. The molecule has 2 aromatic rings. The Morgan fingerprint density at radius 2 is 1.53 bits per heavy atom. The van der Waals surface area contributed by atoms with Crippen LogP contribution in [0.1, 0.15) is 26.3 Å². The minimum atomic E-state index is 0.147. The summed E-state index contributed by atoms with van der Waals surface area (Å²) in [5, 5.41) is 0.809. The molecule has 0 spiro atoms. The molecule has 17 heavy (non-hydrogen) atoms. The predicted octanol–water partition coefficient (Wildman–Crippen LogP) is 5.30. The molecule has 0 radical (unpaired) electrons. The maximum atomic E-state index is 6.28. The van der Waals surface area contributed by atoms with Crippen molar-refractivity contribution >= 4 is 11.6 Å². The van der Waals surface area contributed by atoms with Crippen molar-refractivity contribution in [2.45, 2.75) is 26.2 Å². The Kier molecular flexibility index (Phi) is 3.26. The predicted molar refractivity (Wildman–Crippen MR) is 75.6 cm³/mol. The zero-order valence-electron chi connectivity index (χ0n) is 10.5. The van der Waals surface area contributed by atoms with Crippen molar-refractivity contribution in [3.63, 3.8) is 0 Å². The van der Waals surface area contributed by atoms with Gasteiger partial charge in [-0.1, -0.05) is 68.8 Å². The van der Waals surface area contributed by atoms with Gasteiger partial charge in [0, 0.05) is 10.6 Å². The lowest BCUT2D eigenvalue weighted by Crippen LogP contribution is -2.10. The summed E-state index contributed by atoms with van der Waals surface area (Å²) in [4.78, 5) is 0. The summed E-state index contributed by atoms with van der Waals surface area (Å²) in [5.41, 5.74) is 3.73. The van der Waals surface area contributed by atoms with Gasteiger partial charge >= 0.3 is 0 Å². The number of hydrogen-bond acceptors (Lipinski definition) is 0. The minimum Gasteiger partial charge on any atom is -0.0837 e. The van der Waals surface area contributed by atoms with Gasteiger partial charge in [-0.25, -0.2) is 0 Å². The van der Waals surface area contributed by atoms with Gasteiger partial charge in [-0.3, -0.25) is 0 Å². The summed E-state index contributed by atoms with van der Waals surface area (Å²) in [6.45, 7) is 6.64. The first-order chi connectivity index (χ1) is 7.98. The van der Waals surface area contributed by atoms with Gasteiger partial charge in [0.25, 0.3) is 0 Å². The second-order valence-corrected chi connectivity index (χ2v) is 5.72. The standard InChI is InChI=1S/C16H17Cl/c1-16(2,3)13-9-10-15(17)14(11-13)12-7-5-4-6-8-12/h4-11H,1-3H3. The fourth-order valence-electron chi connectivity index (χ4n) is 1.83. The van der Waals surface area contributed by atoms with E-state index in [4.69, 9.17) is 11.6 Å². The Labute approximate surface area is 108 Å². The quantitative estimate of drug-likeness (QED) is 0.638. The van der Waals surface area contributed by atoms with Crippen LogP contribution in [0.25, 0.3) is 11.1 Å². The zero-order chi connectivity index (χ0) is 12.5. The van der Waals surface area contributed by atoms with E-state index >= 15 is 0 Å². The monoisotopic (exact) mass is 244 g/mol. The molecule has 0 bridgehead atoms. The molecule has 0 fully saturated rings. The van der Waals surface area contributed by atoms with Crippen LogP contribution in [0.4, 0.5) is 0 Å². The smallest absolute Gasteiger partial charge is 0.0484 e. The SMILES string of the molecule is CC(C)(C)c1ccc(Cl)c(-c2ccccc2)c1. The van der Waals surface area contributed by atoms with E-state index in [0.717, 1.165) is 10.6 Å². The van der Waals surface area contributed by atoms with Crippen LogP contribution < -0.4 is 0 Å². The fraction of sp³-hybridized carbons (Fsp3) is 0.250. The van der Waals surface area contributed by atoms with E-state index in [9.17, 15) is 0 Å². The van der Waals surface area contributed by atoms with Crippen molar-refractivity contribution in [2.24, 2.45) is 0 Å². The third-order valence-electron chi connectivity index (χ3n) is 2.92. The van der Waals surface area contributed by atoms with Gasteiger partial charge in [0.05, 0.1) is 0 Å². The average Bonchev–Trinajstić information content (AvgIpc) is 2.29. The van der Waals surface area contributed by atoms with E-state index in [-0.39, 0.29) is 5.41 Å². The molecule has 0 unspecified atom stereocenters. The molecule has 1 heteroatoms. The summed E-state index contributed by atoms with van der Waals surface area (Å²) in [5.74, 6) is 0. The number of hydrogen-bond donors (Lipinski definition) is 0. The number of benzene rings is 2. The molecule has 0 N–H and O–H groups in total. The van der Waals surface area contributed by atoms with Gasteiger partial charge in [0.2, 0.25) is 0 Å². The summed E-state index contributed by atoms with van der Waals surface area (Å²) >= 11 is 6.28. The third-order valence-corrected chi connectivity index (χ3v) is 3.25. The van der Waals surface area contributed by atoms with Crippen molar-refractivity contribution in [3.8, 4) is 11.1 Å². The molecule has 88 valence electrons. The van der Waals surface area contributed by atoms with Gasteiger partial charge in [-0.15, -0.1) is 0 Å². The molecule has 0 amide bonds. The van der Waals surface area contributed by atoms with E-state index in [1.165, 1.54) is 11.1 Å². The summed E-state index contributed by atoms with van der Waals surface area (Å²) < 4.78 is 0. The highest BCUT2D eigenvalue weighted by Gasteiger charge is 2.15. The first-order valence-corrected chi connectivity index (χ1v) is 6.22. The van der Waals surface area contributed by atoms with Crippen molar-refractivity contribution in [2.75, 3.05) is 0 Å². The molecular weight excluding hydrogens is 228 g/mol. The maximum Gasteiger partial charge on any atom is 0.0484 e. The molecule has 0 heterocycles. The molecule has 0 saturated heterocycles. The Bertz CT molecular complexity index is 507. The van der Waals surface area contributed by atoms with Gasteiger partial charge in [-0.05, 0) is 28.7 Å². The van der Waals surface area contributed by atoms with Crippen molar-refractivity contribution in [3.05, 3.63) is 59.1 Å². The lowest BCUT2D eigenvalue weighted by molar-refractivity contribution is 0.590. The number of rotatable bonds is 1. The van der Waals surface area contributed by atoms with Crippen molar-refractivity contribution in [1.82, 2.24) is 0 Å². The van der Waals surface area contributed by atoms with Gasteiger partial charge in [0.1, 0.15) is 0 Å².